The average molecular weight is 409 g/mol. The molecule has 0 N–H and O–H groups in total. The monoisotopic (exact) mass is 409 g/mol. The molecule has 154 valence electrons. The Morgan fingerprint density at radius 3 is 1.58 bits per heavy atom. The van der Waals surface area contributed by atoms with Gasteiger partial charge in [-0.25, -0.2) is 4.90 Å². The molecule has 3 aromatic rings. The highest BCUT2D eigenvalue weighted by molar-refractivity contribution is 6.23. The lowest BCUT2D eigenvalue weighted by molar-refractivity contribution is -0.122. The fourth-order valence-corrected chi connectivity index (χ4v) is 5.84. The van der Waals surface area contributed by atoms with Crippen molar-refractivity contribution < 1.29 is 14.3 Å². The molecule has 2 bridgehead atoms. The van der Waals surface area contributed by atoms with Crippen molar-refractivity contribution in [3.63, 3.8) is 0 Å². The highest BCUT2D eigenvalue weighted by Crippen LogP contribution is 2.61. The van der Waals surface area contributed by atoms with E-state index in [0.717, 1.165) is 12.2 Å². The van der Waals surface area contributed by atoms with Crippen LogP contribution in [0.15, 0.2) is 72.8 Å². The van der Waals surface area contributed by atoms with Gasteiger partial charge in [0.2, 0.25) is 11.8 Å². The number of nitrogens with zero attached hydrogens (tertiary/aromatic N) is 1. The largest absolute Gasteiger partial charge is 0.494 e. The van der Waals surface area contributed by atoms with Crippen molar-refractivity contribution in [2.45, 2.75) is 25.2 Å². The summed E-state index contributed by atoms with van der Waals surface area (Å²) in [7, 11) is 0. The highest BCUT2D eigenvalue weighted by atomic mass is 16.5. The Balaban J connectivity index is 1.44. The van der Waals surface area contributed by atoms with Gasteiger partial charge in [-0.15, -0.1) is 0 Å². The van der Waals surface area contributed by atoms with Crippen LogP contribution >= 0.6 is 0 Å². The molecule has 31 heavy (non-hydrogen) atoms. The summed E-state index contributed by atoms with van der Waals surface area (Å²) in [6, 6.07) is 23.9. The number of hydrogen-bond acceptors (Lipinski definition) is 3. The number of benzene rings is 3. The number of imide groups is 1. The lowest BCUT2D eigenvalue weighted by atomic mass is 9.55. The normalized spacial score (nSPS) is 25.3. The Hall–Kier alpha value is -3.40. The summed E-state index contributed by atoms with van der Waals surface area (Å²) in [5.41, 5.74) is 5.40. The maximum absolute atomic E-state index is 13.7. The van der Waals surface area contributed by atoms with E-state index >= 15 is 0 Å². The second-order valence-corrected chi connectivity index (χ2v) is 8.62. The first kappa shape index (κ1) is 18.4. The highest BCUT2D eigenvalue weighted by Gasteiger charge is 2.61. The number of amides is 2. The van der Waals surface area contributed by atoms with Crippen molar-refractivity contribution >= 4 is 17.5 Å². The van der Waals surface area contributed by atoms with Crippen molar-refractivity contribution in [2.24, 2.45) is 11.8 Å². The first-order chi connectivity index (χ1) is 15.2. The van der Waals surface area contributed by atoms with Crippen molar-refractivity contribution in [1.29, 1.82) is 0 Å². The molecule has 3 aromatic carbocycles. The van der Waals surface area contributed by atoms with Gasteiger partial charge in [0.15, 0.2) is 0 Å². The van der Waals surface area contributed by atoms with Crippen molar-refractivity contribution in [3.8, 4) is 5.75 Å². The summed E-state index contributed by atoms with van der Waals surface area (Å²) in [5.74, 6) is -0.266. The number of rotatable bonds is 4. The van der Waals surface area contributed by atoms with Gasteiger partial charge in [0.25, 0.3) is 0 Å². The van der Waals surface area contributed by atoms with Crippen LogP contribution in [0, 0.1) is 11.8 Å². The Kier molecular flexibility index (Phi) is 4.04. The summed E-state index contributed by atoms with van der Waals surface area (Å²) in [6.07, 6.45) is 0.929. The molecule has 4 heteroatoms. The first-order valence-electron chi connectivity index (χ1n) is 11.0. The van der Waals surface area contributed by atoms with E-state index in [1.807, 2.05) is 48.5 Å². The molecule has 0 aromatic heterocycles. The molecular weight excluding hydrogens is 386 g/mol. The minimum Gasteiger partial charge on any atom is -0.494 e. The van der Waals surface area contributed by atoms with Crippen LogP contribution in [0.4, 0.5) is 5.69 Å². The number of carbonyl (C=O) groups is 2. The molecule has 0 radical (unpaired) electrons. The van der Waals surface area contributed by atoms with Gasteiger partial charge >= 0.3 is 0 Å². The van der Waals surface area contributed by atoms with E-state index in [-0.39, 0.29) is 35.5 Å². The lowest BCUT2D eigenvalue weighted by Crippen LogP contribution is -2.41. The van der Waals surface area contributed by atoms with Gasteiger partial charge in [-0.1, -0.05) is 55.5 Å². The standard InChI is InChI=1S/C27H23NO3/c1-2-15-31-17-13-11-16(12-14-17)28-26(29)24-22-18-7-3-4-8-19(18)23(25(24)27(28)30)21-10-6-5-9-20(21)22/h3-14,22-25H,2,15H2,1H3. The van der Waals surface area contributed by atoms with Crippen LogP contribution < -0.4 is 9.64 Å². The minimum absolute atomic E-state index is 0.0731. The number of anilines is 1. The van der Waals surface area contributed by atoms with E-state index < -0.39 is 0 Å². The van der Waals surface area contributed by atoms with Crippen LogP contribution in [0.25, 0.3) is 0 Å². The minimum atomic E-state index is -0.349. The van der Waals surface area contributed by atoms with Crippen LogP contribution in [0.1, 0.15) is 47.4 Å². The van der Waals surface area contributed by atoms with E-state index in [1.165, 1.54) is 27.2 Å². The molecule has 1 aliphatic heterocycles. The van der Waals surface area contributed by atoms with Crippen LogP contribution in [0.2, 0.25) is 0 Å². The third-order valence-electron chi connectivity index (χ3n) is 7.02. The van der Waals surface area contributed by atoms with E-state index in [9.17, 15) is 9.59 Å². The Labute approximate surface area is 181 Å². The zero-order valence-corrected chi connectivity index (χ0v) is 17.3. The maximum atomic E-state index is 13.7. The third-order valence-corrected chi connectivity index (χ3v) is 7.02. The molecule has 1 saturated heterocycles. The predicted molar refractivity (Wildman–Crippen MR) is 118 cm³/mol. The molecule has 2 atom stereocenters. The summed E-state index contributed by atoms with van der Waals surface area (Å²) < 4.78 is 5.66. The van der Waals surface area contributed by atoms with Gasteiger partial charge < -0.3 is 4.74 Å². The van der Waals surface area contributed by atoms with E-state index in [1.54, 1.807) is 0 Å². The van der Waals surface area contributed by atoms with E-state index in [4.69, 9.17) is 4.74 Å². The quantitative estimate of drug-likeness (QED) is 0.578. The van der Waals surface area contributed by atoms with Gasteiger partial charge in [0.1, 0.15) is 5.75 Å². The first-order valence-corrected chi connectivity index (χ1v) is 11.0. The van der Waals surface area contributed by atoms with Gasteiger partial charge in [0, 0.05) is 11.8 Å². The smallest absolute Gasteiger partial charge is 0.238 e. The predicted octanol–water partition coefficient (Wildman–Crippen LogP) is 4.87. The molecular formula is C27H23NO3. The van der Waals surface area contributed by atoms with Crippen molar-refractivity contribution in [2.75, 3.05) is 11.5 Å². The van der Waals surface area contributed by atoms with E-state index in [0.29, 0.717) is 12.3 Å². The van der Waals surface area contributed by atoms with Crippen LogP contribution in [0.3, 0.4) is 0 Å². The summed E-state index contributed by atoms with van der Waals surface area (Å²) in [6.45, 7) is 2.70. The number of carbonyl (C=O) groups excluding carboxylic acids is 2. The Morgan fingerprint density at radius 1 is 0.710 bits per heavy atom. The van der Waals surface area contributed by atoms with Crippen LogP contribution in [-0.2, 0) is 9.59 Å². The van der Waals surface area contributed by atoms with Gasteiger partial charge in [0.05, 0.1) is 24.1 Å². The fraction of sp³-hybridized carbons (Fsp3) is 0.259. The fourth-order valence-electron chi connectivity index (χ4n) is 5.84. The zero-order chi connectivity index (χ0) is 21.1. The van der Waals surface area contributed by atoms with Crippen molar-refractivity contribution in [3.05, 3.63) is 95.1 Å². The summed E-state index contributed by atoms with van der Waals surface area (Å²) in [4.78, 5) is 28.8. The average Bonchev–Trinajstić information content (AvgIpc) is 3.09. The summed E-state index contributed by atoms with van der Waals surface area (Å²) in [5, 5.41) is 0. The number of ether oxygens (including phenoxy) is 1. The Bertz CT molecular complexity index is 1080. The van der Waals surface area contributed by atoms with Crippen LogP contribution in [-0.4, -0.2) is 18.4 Å². The van der Waals surface area contributed by atoms with Gasteiger partial charge in [-0.3, -0.25) is 9.59 Å². The van der Waals surface area contributed by atoms with E-state index in [2.05, 4.69) is 31.2 Å². The molecule has 3 aliphatic carbocycles. The van der Waals surface area contributed by atoms with Crippen LogP contribution in [0.5, 0.6) is 5.75 Å². The van der Waals surface area contributed by atoms with Crippen molar-refractivity contribution in [1.82, 2.24) is 0 Å². The summed E-state index contributed by atoms with van der Waals surface area (Å²) >= 11 is 0. The second-order valence-electron chi connectivity index (χ2n) is 8.62. The van der Waals surface area contributed by atoms with Gasteiger partial charge in [-0.05, 0) is 52.9 Å². The molecule has 1 fully saturated rings. The lowest BCUT2D eigenvalue weighted by Gasteiger charge is -2.45. The molecule has 2 unspecified atom stereocenters. The SMILES string of the molecule is CCCOc1ccc(N2C(=O)C3C4c5ccccc5C(c5ccccc54)C3C2=O)cc1. The maximum Gasteiger partial charge on any atom is 0.238 e. The molecule has 0 saturated carbocycles. The zero-order valence-electron chi connectivity index (χ0n) is 17.3. The second kappa shape index (κ2) is 6.81. The third kappa shape index (κ3) is 2.48. The molecule has 7 rings (SSSR count). The molecule has 4 nitrogen and oxygen atoms in total. The number of hydrogen-bond donors (Lipinski definition) is 0. The molecule has 2 amide bonds. The molecule has 4 aliphatic rings. The Morgan fingerprint density at radius 2 is 1.16 bits per heavy atom. The molecule has 0 spiro atoms. The molecule has 1 heterocycles. The topological polar surface area (TPSA) is 46.6 Å². The van der Waals surface area contributed by atoms with Gasteiger partial charge in [-0.2, -0.15) is 0 Å².